The zero-order valence-corrected chi connectivity index (χ0v) is 12.8. The number of nitrogens with zero attached hydrogens (tertiary/aromatic N) is 1. The third-order valence-corrected chi connectivity index (χ3v) is 3.40. The van der Waals surface area contributed by atoms with Gasteiger partial charge in [0.25, 0.3) is 0 Å². The standard InChI is InChI=1S/C13H17ClN2O5/c1-13(15-2,12(17)20-3)6-7-21-11-8-9(14)4-5-10(11)16(18)19/h4-5,8,15H,6-7H2,1-3H3. The first-order valence-corrected chi connectivity index (χ1v) is 6.56. The Morgan fingerprint density at radius 1 is 1.52 bits per heavy atom. The summed E-state index contributed by atoms with van der Waals surface area (Å²) in [5.41, 5.74) is -1.11. The van der Waals surface area contributed by atoms with Gasteiger partial charge in [0.1, 0.15) is 5.54 Å². The molecule has 0 fully saturated rings. The van der Waals surface area contributed by atoms with Crippen molar-refractivity contribution in [1.82, 2.24) is 5.32 Å². The lowest BCUT2D eigenvalue weighted by Crippen LogP contribution is -2.49. The monoisotopic (exact) mass is 316 g/mol. The number of methoxy groups -OCH3 is 1. The van der Waals surface area contributed by atoms with Gasteiger partial charge in [-0.2, -0.15) is 0 Å². The topological polar surface area (TPSA) is 90.7 Å². The van der Waals surface area contributed by atoms with Crippen LogP contribution in [0.15, 0.2) is 18.2 Å². The van der Waals surface area contributed by atoms with Crippen molar-refractivity contribution in [2.75, 3.05) is 20.8 Å². The first-order chi connectivity index (χ1) is 9.84. The number of ether oxygens (including phenoxy) is 2. The lowest BCUT2D eigenvalue weighted by Gasteiger charge is -2.25. The van der Waals surface area contributed by atoms with E-state index in [1.165, 1.54) is 25.3 Å². The molecule has 1 aromatic rings. The summed E-state index contributed by atoms with van der Waals surface area (Å²) in [6.07, 6.45) is 0.278. The van der Waals surface area contributed by atoms with Crippen LogP contribution in [0.25, 0.3) is 0 Å². The van der Waals surface area contributed by atoms with Gasteiger partial charge in [-0.15, -0.1) is 0 Å². The number of carbonyl (C=O) groups is 1. The number of nitrogens with one attached hydrogen (secondary N) is 1. The molecule has 1 unspecified atom stereocenters. The van der Waals surface area contributed by atoms with Crippen LogP contribution in [-0.2, 0) is 9.53 Å². The molecule has 0 aliphatic carbocycles. The molecule has 1 aromatic carbocycles. The van der Waals surface area contributed by atoms with Gasteiger partial charge in [-0.25, -0.2) is 0 Å². The molecule has 0 spiro atoms. The number of nitro benzene ring substituents is 1. The van der Waals surface area contributed by atoms with Gasteiger partial charge in [-0.1, -0.05) is 11.6 Å². The maximum absolute atomic E-state index is 11.7. The SMILES string of the molecule is CNC(C)(CCOc1cc(Cl)ccc1[N+](=O)[O-])C(=O)OC. The molecular weight excluding hydrogens is 300 g/mol. The molecule has 116 valence electrons. The summed E-state index contributed by atoms with van der Waals surface area (Å²) in [6.45, 7) is 1.75. The lowest BCUT2D eigenvalue weighted by molar-refractivity contribution is -0.385. The Balaban J connectivity index is 2.78. The summed E-state index contributed by atoms with van der Waals surface area (Å²) in [7, 11) is 2.92. The number of halogens is 1. The van der Waals surface area contributed by atoms with E-state index in [1.54, 1.807) is 14.0 Å². The van der Waals surface area contributed by atoms with Crippen LogP contribution in [0.4, 0.5) is 5.69 Å². The third kappa shape index (κ3) is 4.30. The first-order valence-electron chi connectivity index (χ1n) is 6.18. The summed E-state index contributed by atoms with van der Waals surface area (Å²) in [5, 5.41) is 14.1. The van der Waals surface area contributed by atoms with Gasteiger partial charge >= 0.3 is 11.7 Å². The highest BCUT2D eigenvalue weighted by Gasteiger charge is 2.32. The van der Waals surface area contributed by atoms with Crippen LogP contribution in [-0.4, -0.2) is 37.2 Å². The minimum Gasteiger partial charge on any atom is -0.487 e. The van der Waals surface area contributed by atoms with Crippen molar-refractivity contribution >= 4 is 23.3 Å². The second kappa shape index (κ2) is 7.24. The average molecular weight is 317 g/mol. The van der Waals surface area contributed by atoms with Gasteiger partial charge in [0, 0.05) is 23.6 Å². The predicted octanol–water partition coefficient (Wildman–Crippen LogP) is 2.17. The van der Waals surface area contributed by atoms with Crippen molar-refractivity contribution < 1.29 is 19.2 Å². The number of carbonyl (C=O) groups excluding carboxylic acids is 1. The molecule has 1 atom stereocenters. The van der Waals surface area contributed by atoms with E-state index >= 15 is 0 Å². The summed E-state index contributed by atoms with van der Waals surface area (Å²) in [6, 6.07) is 4.06. The summed E-state index contributed by atoms with van der Waals surface area (Å²) < 4.78 is 10.1. The fourth-order valence-electron chi connectivity index (χ4n) is 1.67. The number of esters is 1. The number of nitro groups is 1. The van der Waals surface area contributed by atoms with Crippen molar-refractivity contribution in [1.29, 1.82) is 0 Å². The van der Waals surface area contributed by atoms with Gasteiger partial charge in [-0.05, 0) is 20.0 Å². The average Bonchev–Trinajstić information content (AvgIpc) is 2.45. The molecule has 0 aromatic heterocycles. The number of likely N-dealkylation sites (N-methyl/N-ethyl adjacent to an activating group) is 1. The second-order valence-electron chi connectivity index (χ2n) is 4.54. The molecule has 0 saturated carbocycles. The van der Waals surface area contributed by atoms with Gasteiger partial charge in [-0.3, -0.25) is 14.9 Å². The van der Waals surface area contributed by atoms with Gasteiger partial charge < -0.3 is 14.8 Å². The summed E-state index contributed by atoms with van der Waals surface area (Å²) in [4.78, 5) is 22.0. The van der Waals surface area contributed by atoms with Gasteiger partial charge in [0.15, 0.2) is 5.75 Å². The number of hydrogen-bond donors (Lipinski definition) is 1. The predicted molar refractivity (Wildman–Crippen MR) is 77.7 cm³/mol. The van der Waals surface area contributed by atoms with E-state index in [0.717, 1.165) is 0 Å². The highest BCUT2D eigenvalue weighted by Crippen LogP contribution is 2.30. The van der Waals surface area contributed by atoms with E-state index in [9.17, 15) is 14.9 Å². The van der Waals surface area contributed by atoms with Crippen LogP contribution in [0.2, 0.25) is 5.02 Å². The third-order valence-electron chi connectivity index (χ3n) is 3.17. The number of hydrogen-bond acceptors (Lipinski definition) is 6. The molecular formula is C13H17ClN2O5. The Bertz CT molecular complexity index is 537. The van der Waals surface area contributed by atoms with Crippen LogP contribution in [0.5, 0.6) is 5.75 Å². The normalized spacial score (nSPS) is 13.3. The molecule has 0 amide bonds. The number of rotatable bonds is 7. The molecule has 21 heavy (non-hydrogen) atoms. The quantitative estimate of drug-likeness (QED) is 0.471. The summed E-state index contributed by atoms with van der Waals surface area (Å²) >= 11 is 5.80. The molecule has 1 N–H and O–H groups in total. The van der Waals surface area contributed by atoms with Crippen LogP contribution in [0.3, 0.4) is 0 Å². The zero-order valence-electron chi connectivity index (χ0n) is 12.0. The molecule has 0 heterocycles. The van der Waals surface area contributed by atoms with Crippen molar-refractivity contribution in [3.05, 3.63) is 33.3 Å². The molecule has 0 aliphatic rings. The highest BCUT2D eigenvalue weighted by molar-refractivity contribution is 6.30. The van der Waals surface area contributed by atoms with Crippen molar-refractivity contribution in [2.24, 2.45) is 0 Å². The minimum atomic E-state index is -0.928. The van der Waals surface area contributed by atoms with Gasteiger partial charge in [0.05, 0.1) is 18.6 Å². The molecule has 0 saturated heterocycles. The van der Waals surface area contributed by atoms with Crippen LogP contribution >= 0.6 is 11.6 Å². The van der Waals surface area contributed by atoms with E-state index in [1.807, 2.05) is 0 Å². The van der Waals surface area contributed by atoms with Crippen molar-refractivity contribution in [3.8, 4) is 5.75 Å². The van der Waals surface area contributed by atoms with Crippen molar-refractivity contribution in [2.45, 2.75) is 18.9 Å². The first kappa shape index (κ1) is 17.2. The van der Waals surface area contributed by atoms with Crippen molar-refractivity contribution in [3.63, 3.8) is 0 Å². The van der Waals surface area contributed by atoms with Crippen LogP contribution in [0, 0.1) is 10.1 Å². The van der Waals surface area contributed by atoms with E-state index in [2.05, 4.69) is 5.32 Å². The zero-order chi connectivity index (χ0) is 16.0. The maximum Gasteiger partial charge on any atom is 0.325 e. The Morgan fingerprint density at radius 2 is 2.19 bits per heavy atom. The van der Waals surface area contributed by atoms with E-state index in [-0.39, 0.29) is 24.5 Å². The fourth-order valence-corrected chi connectivity index (χ4v) is 1.84. The lowest BCUT2D eigenvalue weighted by atomic mass is 9.99. The number of benzene rings is 1. The van der Waals surface area contributed by atoms with E-state index < -0.39 is 16.4 Å². The smallest absolute Gasteiger partial charge is 0.325 e. The molecule has 0 bridgehead atoms. The van der Waals surface area contributed by atoms with E-state index in [4.69, 9.17) is 21.1 Å². The molecule has 0 radical (unpaired) electrons. The Labute approximate surface area is 127 Å². The fraction of sp³-hybridized carbons (Fsp3) is 0.462. The highest BCUT2D eigenvalue weighted by atomic mass is 35.5. The summed E-state index contributed by atoms with van der Waals surface area (Å²) in [5.74, 6) is -0.370. The Hall–Kier alpha value is -1.86. The molecule has 7 nitrogen and oxygen atoms in total. The minimum absolute atomic E-state index is 0.0656. The molecule has 8 heteroatoms. The Kier molecular flexibility index (Phi) is 5.92. The van der Waals surface area contributed by atoms with Gasteiger partial charge in [0.2, 0.25) is 0 Å². The van der Waals surface area contributed by atoms with Crippen LogP contribution in [0.1, 0.15) is 13.3 Å². The van der Waals surface area contributed by atoms with Crippen LogP contribution < -0.4 is 10.1 Å². The molecule has 1 rings (SSSR count). The second-order valence-corrected chi connectivity index (χ2v) is 4.98. The maximum atomic E-state index is 11.7. The molecule has 0 aliphatic heterocycles. The largest absolute Gasteiger partial charge is 0.487 e. The van der Waals surface area contributed by atoms with E-state index in [0.29, 0.717) is 5.02 Å². The Morgan fingerprint density at radius 3 is 2.71 bits per heavy atom.